The van der Waals surface area contributed by atoms with Crippen molar-refractivity contribution in [2.75, 3.05) is 0 Å². The van der Waals surface area contributed by atoms with Crippen molar-refractivity contribution in [1.82, 2.24) is 4.98 Å². The van der Waals surface area contributed by atoms with Crippen LogP contribution in [0.3, 0.4) is 0 Å². The molecule has 1 heteroatoms. The molecule has 0 aliphatic heterocycles. The van der Waals surface area contributed by atoms with Crippen LogP contribution in [0.5, 0.6) is 0 Å². The molecule has 0 bridgehead atoms. The van der Waals surface area contributed by atoms with Crippen LogP contribution < -0.4 is 0 Å². The van der Waals surface area contributed by atoms with E-state index in [0.717, 1.165) is 6.42 Å². The molecule has 1 nitrogen and oxygen atoms in total. The Balaban J connectivity index is 1.89. The molecule has 1 heterocycles. The van der Waals surface area contributed by atoms with Crippen molar-refractivity contribution in [1.29, 1.82) is 0 Å². The molecule has 0 N–H and O–H groups in total. The molecule has 104 valence electrons. The summed E-state index contributed by atoms with van der Waals surface area (Å²) in [5, 5.41) is 5.36. The molecule has 5 rings (SSSR count). The van der Waals surface area contributed by atoms with Crippen molar-refractivity contribution in [3.05, 3.63) is 77.5 Å². The minimum absolute atomic E-state index is 1.00. The summed E-state index contributed by atoms with van der Waals surface area (Å²) in [6, 6.07) is 19.8. The van der Waals surface area contributed by atoms with E-state index in [4.69, 9.17) is 0 Å². The fourth-order valence-corrected chi connectivity index (χ4v) is 3.78. The minimum atomic E-state index is 1.00. The molecular formula is C21H15N. The van der Waals surface area contributed by atoms with E-state index >= 15 is 0 Å². The summed E-state index contributed by atoms with van der Waals surface area (Å²) < 4.78 is 0. The van der Waals surface area contributed by atoms with Gasteiger partial charge in [-0.25, -0.2) is 0 Å². The number of aryl methyl sites for hydroxylation is 1. The number of pyridine rings is 1. The molecule has 0 unspecified atom stereocenters. The lowest BCUT2D eigenvalue weighted by Gasteiger charge is -2.08. The first-order valence-corrected chi connectivity index (χ1v) is 7.71. The second kappa shape index (κ2) is 4.17. The van der Waals surface area contributed by atoms with Crippen LogP contribution in [0.25, 0.3) is 32.8 Å². The average molecular weight is 281 g/mol. The molecule has 4 aromatic rings. The maximum Gasteiger partial charge on any atom is 0.0743 e. The van der Waals surface area contributed by atoms with Gasteiger partial charge in [-0.1, -0.05) is 48.5 Å². The van der Waals surface area contributed by atoms with Crippen molar-refractivity contribution in [2.24, 2.45) is 0 Å². The molecule has 0 radical (unpaired) electrons. The van der Waals surface area contributed by atoms with Crippen LogP contribution in [0.4, 0.5) is 0 Å². The van der Waals surface area contributed by atoms with Gasteiger partial charge in [0.2, 0.25) is 0 Å². The highest BCUT2D eigenvalue weighted by Gasteiger charge is 2.23. The molecular weight excluding hydrogens is 266 g/mol. The number of rotatable bonds is 0. The minimum Gasteiger partial charge on any atom is -0.256 e. The summed E-state index contributed by atoms with van der Waals surface area (Å²) >= 11 is 0. The number of benzene rings is 3. The zero-order valence-electron chi connectivity index (χ0n) is 12.4. The second-order valence-corrected chi connectivity index (χ2v) is 6.11. The Hall–Kier alpha value is -2.67. The Kier molecular flexibility index (Phi) is 2.26. The maximum absolute atomic E-state index is 4.63. The fourth-order valence-electron chi connectivity index (χ4n) is 3.78. The topological polar surface area (TPSA) is 12.9 Å². The molecule has 0 saturated carbocycles. The summed E-state index contributed by atoms with van der Waals surface area (Å²) in [4.78, 5) is 4.63. The number of hydrogen-bond acceptors (Lipinski definition) is 1. The zero-order valence-corrected chi connectivity index (χ0v) is 12.4. The van der Waals surface area contributed by atoms with Gasteiger partial charge in [0.15, 0.2) is 0 Å². The van der Waals surface area contributed by atoms with Crippen molar-refractivity contribution in [3.8, 4) is 11.3 Å². The van der Waals surface area contributed by atoms with Crippen molar-refractivity contribution in [3.63, 3.8) is 0 Å². The molecule has 1 aliphatic carbocycles. The lowest BCUT2D eigenvalue weighted by Crippen LogP contribution is -1.88. The SMILES string of the molecule is Cc1ccnc2c1Cc1c-2ccc2c1ccc1ccccc12. The Morgan fingerprint density at radius 2 is 1.64 bits per heavy atom. The van der Waals surface area contributed by atoms with Gasteiger partial charge in [-0.05, 0) is 51.2 Å². The molecule has 1 aliphatic rings. The Morgan fingerprint density at radius 3 is 2.59 bits per heavy atom. The maximum atomic E-state index is 4.63. The Bertz CT molecular complexity index is 1060. The van der Waals surface area contributed by atoms with Crippen LogP contribution in [0, 0.1) is 6.92 Å². The van der Waals surface area contributed by atoms with Crippen molar-refractivity contribution in [2.45, 2.75) is 13.3 Å². The van der Waals surface area contributed by atoms with Crippen LogP contribution in [-0.4, -0.2) is 4.98 Å². The number of hydrogen-bond donors (Lipinski definition) is 0. The lowest BCUT2D eigenvalue weighted by atomic mass is 9.96. The fraction of sp³-hybridized carbons (Fsp3) is 0.0952. The largest absolute Gasteiger partial charge is 0.256 e. The highest BCUT2D eigenvalue weighted by molar-refractivity contribution is 6.10. The van der Waals surface area contributed by atoms with Gasteiger partial charge in [0.05, 0.1) is 5.69 Å². The Labute approximate surface area is 129 Å². The van der Waals surface area contributed by atoms with Gasteiger partial charge in [0.1, 0.15) is 0 Å². The standard InChI is InChI=1S/C21H15N/c1-13-10-11-22-21-18-9-8-16-15-5-3-2-4-14(15)6-7-17(16)20(18)12-19(13)21/h2-11H,12H2,1H3. The smallest absolute Gasteiger partial charge is 0.0743 e. The zero-order chi connectivity index (χ0) is 14.7. The van der Waals surface area contributed by atoms with Crippen LogP contribution >= 0.6 is 0 Å². The summed E-state index contributed by atoms with van der Waals surface area (Å²) in [6.07, 6.45) is 2.92. The highest BCUT2D eigenvalue weighted by atomic mass is 14.7. The average Bonchev–Trinajstić information content (AvgIpc) is 2.95. The van der Waals surface area contributed by atoms with Gasteiger partial charge in [-0.2, -0.15) is 0 Å². The van der Waals surface area contributed by atoms with E-state index in [1.54, 1.807) is 0 Å². The van der Waals surface area contributed by atoms with E-state index in [2.05, 4.69) is 66.5 Å². The van der Waals surface area contributed by atoms with Gasteiger partial charge < -0.3 is 0 Å². The second-order valence-electron chi connectivity index (χ2n) is 6.11. The molecule has 22 heavy (non-hydrogen) atoms. The number of nitrogens with zero attached hydrogens (tertiary/aromatic N) is 1. The van der Waals surface area contributed by atoms with Gasteiger partial charge in [-0.3, -0.25) is 4.98 Å². The summed E-state index contributed by atoms with van der Waals surface area (Å²) in [6.45, 7) is 2.18. The number of fused-ring (bicyclic) bond motifs is 7. The van der Waals surface area contributed by atoms with E-state index in [0.29, 0.717) is 0 Å². The van der Waals surface area contributed by atoms with E-state index < -0.39 is 0 Å². The molecule has 0 saturated heterocycles. The molecule has 1 aromatic heterocycles. The third-order valence-electron chi connectivity index (χ3n) is 4.94. The molecule has 0 amide bonds. The van der Waals surface area contributed by atoms with Crippen molar-refractivity contribution < 1.29 is 0 Å². The highest BCUT2D eigenvalue weighted by Crippen LogP contribution is 2.41. The quantitative estimate of drug-likeness (QED) is 0.352. The van der Waals surface area contributed by atoms with Crippen LogP contribution in [-0.2, 0) is 6.42 Å². The van der Waals surface area contributed by atoms with Crippen LogP contribution in [0.1, 0.15) is 16.7 Å². The normalized spacial score (nSPS) is 12.6. The third-order valence-corrected chi connectivity index (χ3v) is 4.94. The van der Waals surface area contributed by atoms with Gasteiger partial charge in [-0.15, -0.1) is 0 Å². The Morgan fingerprint density at radius 1 is 0.773 bits per heavy atom. The first kappa shape index (κ1) is 11.9. The molecule has 0 spiro atoms. The van der Waals surface area contributed by atoms with E-state index in [1.165, 1.54) is 49.5 Å². The van der Waals surface area contributed by atoms with Gasteiger partial charge in [0.25, 0.3) is 0 Å². The molecule has 0 fully saturated rings. The third kappa shape index (κ3) is 1.46. The molecule has 0 atom stereocenters. The van der Waals surface area contributed by atoms with E-state index in [1.807, 2.05) is 6.20 Å². The van der Waals surface area contributed by atoms with Gasteiger partial charge >= 0.3 is 0 Å². The first-order valence-electron chi connectivity index (χ1n) is 7.71. The molecule has 3 aromatic carbocycles. The van der Waals surface area contributed by atoms with Crippen LogP contribution in [0.2, 0.25) is 0 Å². The predicted octanol–water partition coefficient (Wildman–Crippen LogP) is 5.27. The monoisotopic (exact) mass is 281 g/mol. The lowest BCUT2D eigenvalue weighted by molar-refractivity contribution is 1.19. The summed E-state index contributed by atoms with van der Waals surface area (Å²) in [5.41, 5.74) is 6.64. The number of aromatic nitrogens is 1. The first-order chi connectivity index (χ1) is 10.8. The van der Waals surface area contributed by atoms with Gasteiger partial charge in [0, 0.05) is 18.2 Å². The van der Waals surface area contributed by atoms with E-state index in [-0.39, 0.29) is 0 Å². The van der Waals surface area contributed by atoms with Crippen LogP contribution in [0.15, 0.2) is 60.8 Å². The van der Waals surface area contributed by atoms with Crippen molar-refractivity contribution >= 4 is 21.5 Å². The van der Waals surface area contributed by atoms with E-state index in [9.17, 15) is 0 Å². The summed E-state index contributed by atoms with van der Waals surface area (Å²) in [7, 11) is 0. The summed E-state index contributed by atoms with van der Waals surface area (Å²) in [5.74, 6) is 0. The predicted molar refractivity (Wildman–Crippen MR) is 92.2 cm³/mol.